The van der Waals surface area contributed by atoms with Gasteiger partial charge in [0.15, 0.2) is 0 Å². The van der Waals surface area contributed by atoms with Gasteiger partial charge in [0, 0.05) is 12.1 Å². The van der Waals surface area contributed by atoms with Gasteiger partial charge in [0.05, 0.1) is 4.92 Å². The van der Waals surface area contributed by atoms with Gasteiger partial charge in [-0.25, -0.2) is 0 Å². The number of alkyl halides is 4. The fraction of sp³-hybridized carbons (Fsp3) is 0.250. The van der Waals surface area contributed by atoms with Gasteiger partial charge in [-0.15, -0.1) is 11.6 Å². The van der Waals surface area contributed by atoms with Crippen LogP contribution in [0.15, 0.2) is 24.3 Å². The molecule has 0 aliphatic carbocycles. The first kappa shape index (κ1) is 12.1. The number of hydrogen-bond donors (Lipinski definition) is 0. The molecule has 1 aromatic rings. The van der Waals surface area contributed by atoms with Gasteiger partial charge < -0.3 is 0 Å². The molecule has 7 heteroatoms. The Morgan fingerprint density at radius 1 is 1.33 bits per heavy atom. The molecule has 0 N–H and O–H groups in total. The molecule has 1 atom stereocenters. The number of halogens is 4. The molecule has 1 aromatic carbocycles. The summed E-state index contributed by atoms with van der Waals surface area (Å²) >= 11 is 10.1. The lowest BCUT2D eigenvalue weighted by Gasteiger charge is -2.14. The number of nitro groups is 1. The van der Waals surface area contributed by atoms with Crippen LogP contribution in [0.25, 0.3) is 0 Å². The second-order valence-corrected chi connectivity index (χ2v) is 3.69. The van der Waals surface area contributed by atoms with Crippen LogP contribution in [0.1, 0.15) is 10.9 Å². The summed E-state index contributed by atoms with van der Waals surface area (Å²) in [6.45, 7) is 0. The van der Waals surface area contributed by atoms with E-state index in [-0.39, 0.29) is 11.3 Å². The average molecular weight is 256 g/mol. The Kier molecular flexibility index (Phi) is 3.46. The SMILES string of the molecule is O=[N+]([O-])c1ccc(C(Cl)C(F)(F)Cl)cc1. The molecule has 0 radical (unpaired) electrons. The Morgan fingerprint density at radius 3 is 2.13 bits per heavy atom. The van der Waals surface area contributed by atoms with Gasteiger partial charge in [0.25, 0.3) is 5.69 Å². The molecule has 1 unspecified atom stereocenters. The molecule has 0 aromatic heterocycles. The average Bonchev–Trinajstić information content (AvgIpc) is 2.15. The Balaban J connectivity index is 2.94. The molecule has 82 valence electrons. The van der Waals surface area contributed by atoms with Gasteiger partial charge in [-0.1, -0.05) is 12.1 Å². The fourth-order valence-electron chi connectivity index (χ4n) is 0.954. The van der Waals surface area contributed by atoms with Crippen molar-refractivity contribution >= 4 is 28.9 Å². The van der Waals surface area contributed by atoms with Crippen LogP contribution in [0, 0.1) is 10.1 Å². The second-order valence-electron chi connectivity index (χ2n) is 2.75. The van der Waals surface area contributed by atoms with Crippen LogP contribution in [0.5, 0.6) is 0 Å². The first-order chi connectivity index (χ1) is 6.82. The van der Waals surface area contributed by atoms with E-state index in [4.69, 9.17) is 23.2 Å². The number of benzene rings is 1. The van der Waals surface area contributed by atoms with Crippen molar-refractivity contribution < 1.29 is 13.7 Å². The van der Waals surface area contributed by atoms with Crippen LogP contribution in [0.4, 0.5) is 14.5 Å². The molecule has 0 saturated carbocycles. The lowest BCUT2D eigenvalue weighted by Crippen LogP contribution is -2.14. The largest absolute Gasteiger partial charge is 0.341 e. The van der Waals surface area contributed by atoms with Crippen LogP contribution in [-0.2, 0) is 0 Å². The summed E-state index contributed by atoms with van der Waals surface area (Å²) in [7, 11) is 0. The minimum atomic E-state index is -3.59. The molecule has 0 amide bonds. The number of nitro benzene ring substituents is 1. The molecule has 0 bridgehead atoms. The van der Waals surface area contributed by atoms with E-state index in [1.54, 1.807) is 0 Å². The number of rotatable bonds is 3. The lowest BCUT2D eigenvalue weighted by molar-refractivity contribution is -0.384. The maximum atomic E-state index is 12.6. The second kappa shape index (κ2) is 4.28. The van der Waals surface area contributed by atoms with E-state index in [0.717, 1.165) is 24.3 Å². The predicted octanol–water partition coefficient (Wildman–Crippen LogP) is 3.71. The van der Waals surface area contributed by atoms with Crippen molar-refractivity contribution in [3.05, 3.63) is 39.9 Å². The Morgan fingerprint density at radius 2 is 1.80 bits per heavy atom. The van der Waals surface area contributed by atoms with Crippen LogP contribution in [0.3, 0.4) is 0 Å². The van der Waals surface area contributed by atoms with E-state index in [0.29, 0.717) is 0 Å². The molecule has 0 heterocycles. The topological polar surface area (TPSA) is 43.1 Å². The third-order valence-electron chi connectivity index (χ3n) is 1.68. The molecule has 1 rings (SSSR count). The summed E-state index contributed by atoms with van der Waals surface area (Å²) < 4.78 is 25.1. The maximum absolute atomic E-state index is 12.6. The summed E-state index contributed by atoms with van der Waals surface area (Å²) in [6, 6.07) is 4.47. The molecule has 0 saturated heterocycles. The van der Waals surface area contributed by atoms with Gasteiger partial charge in [0.2, 0.25) is 0 Å². The van der Waals surface area contributed by atoms with Crippen LogP contribution < -0.4 is 0 Å². The van der Waals surface area contributed by atoms with Gasteiger partial charge >= 0.3 is 5.38 Å². The monoisotopic (exact) mass is 255 g/mol. The van der Waals surface area contributed by atoms with Crippen LogP contribution in [-0.4, -0.2) is 10.3 Å². The van der Waals surface area contributed by atoms with Crippen molar-refractivity contribution in [2.75, 3.05) is 0 Å². The van der Waals surface area contributed by atoms with E-state index in [9.17, 15) is 18.9 Å². The molecule has 0 spiro atoms. The molecule has 0 aliphatic heterocycles. The molecule has 15 heavy (non-hydrogen) atoms. The van der Waals surface area contributed by atoms with Crippen molar-refractivity contribution in [3.8, 4) is 0 Å². The highest BCUT2D eigenvalue weighted by Gasteiger charge is 2.36. The van der Waals surface area contributed by atoms with Gasteiger partial charge in [-0.3, -0.25) is 10.1 Å². The number of non-ortho nitro benzene ring substituents is 1. The van der Waals surface area contributed by atoms with Crippen molar-refractivity contribution in [1.82, 2.24) is 0 Å². The zero-order chi connectivity index (χ0) is 11.6. The zero-order valence-corrected chi connectivity index (χ0v) is 8.67. The van der Waals surface area contributed by atoms with E-state index in [1.807, 2.05) is 0 Å². The van der Waals surface area contributed by atoms with Gasteiger partial charge in [-0.05, 0) is 17.2 Å². The summed E-state index contributed by atoms with van der Waals surface area (Å²) in [5.74, 6) is 0. The zero-order valence-electron chi connectivity index (χ0n) is 7.16. The van der Waals surface area contributed by atoms with Crippen LogP contribution >= 0.6 is 23.2 Å². The maximum Gasteiger partial charge on any atom is 0.341 e. The fourth-order valence-corrected chi connectivity index (χ4v) is 1.23. The first-order valence-electron chi connectivity index (χ1n) is 3.77. The minimum Gasteiger partial charge on any atom is -0.258 e. The third kappa shape index (κ3) is 3.00. The van der Waals surface area contributed by atoms with Crippen molar-refractivity contribution in [1.29, 1.82) is 0 Å². The van der Waals surface area contributed by atoms with E-state index < -0.39 is 15.7 Å². The highest BCUT2D eigenvalue weighted by molar-refractivity contribution is 6.30. The van der Waals surface area contributed by atoms with Crippen molar-refractivity contribution in [2.45, 2.75) is 10.8 Å². The van der Waals surface area contributed by atoms with Gasteiger partial charge in [-0.2, -0.15) is 8.78 Å². The lowest BCUT2D eigenvalue weighted by atomic mass is 10.1. The van der Waals surface area contributed by atoms with Crippen LogP contribution in [0.2, 0.25) is 0 Å². The normalized spacial score (nSPS) is 13.6. The third-order valence-corrected chi connectivity index (χ3v) is 2.54. The quantitative estimate of drug-likeness (QED) is 0.470. The first-order valence-corrected chi connectivity index (χ1v) is 4.59. The summed E-state index contributed by atoms with van der Waals surface area (Å²) in [5.41, 5.74) is -0.164. The predicted molar refractivity (Wildman–Crippen MR) is 52.5 cm³/mol. The highest BCUT2D eigenvalue weighted by atomic mass is 35.5. The molecular weight excluding hydrogens is 251 g/mol. The standard InChI is InChI=1S/C8H5Cl2F2NO2/c9-7(8(10,11)12)5-1-3-6(4-2-5)13(14)15/h1-4,7H. The number of hydrogen-bond acceptors (Lipinski definition) is 2. The van der Waals surface area contributed by atoms with E-state index in [1.165, 1.54) is 0 Å². The van der Waals surface area contributed by atoms with Crippen molar-refractivity contribution in [2.24, 2.45) is 0 Å². The molecule has 3 nitrogen and oxygen atoms in total. The molecule has 0 aliphatic rings. The smallest absolute Gasteiger partial charge is 0.258 e. The summed E-state index contributed by atoms with van der Waals surface area (Å²) in [5, 5.41) is 4.98. The van der Waals surface area contributed by atoms with Crippen molar-refractivity contribution in [3.63, 3.8) is 0 Å². The van der Waals surface area contributed by atoms with Gasteiger partial charge in [0.1, 0.15) is 5.38 Å². The molecule has 0 fully saturated rings. The Labute approximate surface area is 93.8 Å². The minimum absolute atomic E-state index is 0.0299. The molecular formula is C8H5Cl2F2NO2. The number of nitrogens with zero attached hydrogens (tertiary/aromatic N) is 1. The Hall–Kier alpha value is -0.940. The summed E-state index contributed by atoms with van der Waals surface area (Å²) in [4.78, 5) is 9.64. The van der Waals surface area contributed by atoms with E-state index in [2.05, 4.69) is 0 Å². The summed E-state index contributed by atoms with van der Waals surface area (Å²) in [6.07, 6.45) is 0. The van der Waals surface area contributed by atoms with E-state index >= 15 is 0 Å². The highest BCUT2D eigenvalue weighted by Crippen LogP contribution is 2.40. The Bertz CT molecular complexity index is 364.